The minimum Gasteiger partial charge on any atom is -0.379 e. The third kappa shape index (κ3) is 2.11. The summed E-state index contributed by atoms with van der Waals surface area (Å²) in [5.41, 5.74) is 3.03. The zero-order chi connectivity index (χ0) is 14.3. The lowest BCUT2D eigenvalue weighted by Gasteiger charge is -2.22. The van der Waals surface area contributed by atoms with Crippen LogP contribution in [0.4, 0.5) is 0 Å². The Kier molecular flexibility index (Phi) is 3.69. The van der Waals surface area contributed by atoms with E-state index in [9.17, 15) is 0 Å². The molecule has 1 fully saturated rings. The smallest absolute Gasteiger partial charge is 0.160 e. The Balaban J connectivity index is 2.21. The molecule has 2 heterocycles. The Morgan fingerprint density at radius 2 is 2.25 bits per heavy atom. The van der Waals surface area contributed by atoms with E-state index >= 15 is 0 Å². The third-order valence-corrected chi connectivity index (χ3v) is 4.41. The first-order valence-electron chi connectivity index (χ1n) is 7.13. The highest BCUT2D eigenvalue weighted by molar-refractivity contribution is 6.20. The van der Waals surface area contributed by atoms with E-state index in [2.05, 4.69) is 16.5 Å². The zero-order valence-electron chi connectivity index (χ0n) is 12.1. The lowest BCUT2D eigenvalue weighted by atomic mass is 10.2. The fourth-order valence-electron chi connectivity index (χ4n) is 3.21. The highest BCUT2D eigenvalue weighted by Gasteiger charge is 2.33. The maximum atomic E-state index is 6.35. The van der Waals surface area contributed by atoms with Gasteiger partial charge in [-0.2, -0.15) is 0 Å². The van der Waals surface area contributed by atoms with E-state index in [1.165, 1.54) is 6.42 Å². The van der Waals surface area contributed by atoms with E-state index in [-0.39, 0.29) is 17.5 Å². The van der Waals surface area contributed by atoms with Crippen LogP contribution < -0.4 is 0 Å². The van der Waals surface area contributed by atoms with E-state index in [0.717, 1.165) is 35.4 Å². The molecule has 0 bridgehead atoms. The summed E-state index contributed by atoms with van der Waals surface area (Å²) in [5, 5.41) is -0.137. The average molecular weight is 294 g/mol. The van der Waals surface area contributed by atoms with Crippen LogP contribution in [0.5, 0.6) is 0 Å². The summed E-state index contributed by atoms with van der Waals surface area (Å²) in [6.45, 7) is 4.03. The maximum absolute atomic E-state index is 6.35. The Labute approximate surface area is 124 Å². The van der Waals surface area contributed by atoms with Crippen molar-refractivity contribution < 1.29 is 4.74 Å². The maximum Gasteiger partial charge on any atom is 0.160 e. The van der Waals surface area contributed by atoms with Crippen molar-refractivity contribution in [3.8, 4) is 0 Å². The highest BCUT2D eigenvalue weighted by atomic mass is 35.5. The fourth-order valence-corrected chi connectivity index (χ4v) is 3.37. The average Bonchev–Trinajstić information content (AvgIpc) is 3.01. The number of alkyl halides is 1. The van der Waals surface area contributed by atoms with Crippen LogP contribution >= 0.6 is 11.6 Å². The van der Waals surface area contributed by atoms with Crippen LogP contribution in [0.2, 0.25) is 0 Å². The normalized spacial score (nSPS) is 24.4. The SMILES string of the molecule is COC1CCCC1n1c(C(C)Cl)nc2c(C)ccnc21. The van der Waals surface area contributed by atoms with E-state index in [4.69, 9.17) is 21.3 Å². The highest BCUT2D eigenvalue weighted by Crippen LogP contribution is 2.37. The van der Waals surface area contributed by atoms with E-state index in [0.29, 0.717) is 0 Å². The molecule has 20 heavy (non-hydrogen) atoms. The lowest BCUT2D eigenvalue weighted by Crippen LogP contribution is -2.22. The number of methoxy groups -OCH3 is 1. The zero-order valence-corrected chi connectivity index (χ0v) is 12.9. The van der Waals surface area contributed by atoms with Gasteiger partial charge in [0.1, 0.15) is 11.3 Å². The largest absolute Gasteiger partial charge is 0.379 e. The number of pyridine rings is 1. The molecule has 5 heteroatoms. The number of aryl methyl sites for hydroxylation is 1. The summed E-state index contributed by atoms with van der Waals surface area (Å²) in [6.07, 6.45) is 5.42. The summed E-state index contributed by atoms with van der Waals surface area (Å²) >= 11 is 6.35. The molecule has 3 rings (SSSR count). The van der Waals surface area contributed by atoms with E-state index in [1.807, 2.05) is 19.2 Å². The second kappa shape index (κ2) is 5.34. The Morgan fingerprint density at radius 3 is 2.95 bits per heavy atom. The van der Waals surface area contributed by atoms with Gasteiger partial charge in [0.2, 0.25) is 0 Å². The molecule has 4 nitrogen and oxygen atoms in total. The predicted molar refractivity (Wildman–Crippen MR) is 80.2 cm³/mol. The minimum atomic E-state index is -0.137. The molecule has 0 saturated heterocycles. The Bertz CT molecular complexity index is 623. The van der Waals surface area contributed by atoms with Gasteiger partial charge >= 0.3 is 0 Å². The Morgan fingerprint density at radius 1 is 1.45 bits per heavy atom. The van der Waals surface area contributed by atoms with E-state index in [1.54, 1.807) is 7.11 Å². The molecule has 1 saturated carbocycles. The molecular weight excluding hydrogens is 274 g/mol. The first-order chi connectivity index (χ1) is 9.63. The quantitative estimate of drug-likeness (QED) is 0.809. The third-order valence-electron chi connectivity index (χ3n) is 4.22. The standard InChI is InChI=1S/C15H20ClN3O/c1-9-7-8-17-15-13(9)18-14(10(2)16)19(15)11-5-4-6-12(11)20-3/h7-8,10-12H,4-6H2,1-3H3. The summed E-state index contributed by atoms with van der Waals surface area (Å²) < 4.78 is 7.85. The van der Waals surface area contributed by atoms with Crippen LogP contribution in [-0.2, 0) is 4.74 Å². The molecule has 0 N–H and O–H groups in total. The number of halogens is 1. The van der Waals surface area contributed by atoms with Crippen LogP contribution in [0.15, 0.2) is 12.3 Å². The van der Waals surface area contributed by atoms with Gasteiger partial charge in [0.25, 0.3) is 0 Å². The molecule has 2 aromatic rings. The van der Waals surface area contributed by atoms with Crippen LogP contribution in [0, 0.1) is 6.92 Å². The summed E-state index contributed by atoms with van der Waals surface area (Å²) in [7, 11) is 1.78. The lowest BCUT2D eigenvalue weighted by molar-refractivity contribution is 0.0751. The van der Waals surface area contributed by atoms with Crippen LogP contribution in [-0.4, -0.2) is 27.7 Å². The van der Waals surface area contributed by atoms with Crippen molar-refractivity contribution >= 4 is 22.8 Å². The summed E-state index contributed by atoms with van der Waals surface area (Å²) in [4.78, 5) is 9.28. The van der Waals surface area contributed by atoms with Gasteiger partial charge in [0.05, 0.1) is 17.5 Å². The first-order valence-corrected chi connectivity index (χ1v) is 7.57. The van der Waals surface area contributed by atoms with Gasteiger partial charge in [0.15, 0.2) is 5.65 Å². The van der Waals surface area contributed by atoms with Crippen molar-refractivity contribution in [1.29, 1.82) is 0 Å². The number of ether oxygens (including phenoxy) is 1. The van der Waals surface area contributed by atoms with Gasteiger partial charge in [-0.05, 0) is 44.7 Å². The van der Waals surface area contributed by atoms with E-state index < -0.39 is 0 Å². The Hall–Kier alpha value is -1.13. The molecular formula is C15H20ClN3O. The number of aromatic nitrogens is 3. The van der Waals surface area contributed by atoms with Crippen molar-refractivity contribution in [2.24, 2.45) is 0 Å². The van der Waals surface area contributed by atoms with Gasteiger partial charge in [0, 0.05) is 13.3 Å². The molecule has 0 amide bonds. The molecule has 0 spiro atoms. The molecule has 0 aliphatic heterocycles. The second-order valence-electron chi connectivity index (χ2n) is 5.53. The topological polar surface area (TPSA) is 39.9 Å². The molecule has 0 radical (unpaired) electrons. The number of rotatable bonds is 3. The van der Waals surface area contributed by atoms with Crippen LogP contribution in [0.3, 0.4) is 0 Å². The second-order valence-corrected chi connectivity index (χ2v) is 6.18. The summed E-state index contributed by atoms with van der Waals surface area (Å²) in [6, 6.07) is 2.28. The van der Waals surface area contributed by atoms with Crippen molar-refractivity contribution in [2.45, 2.75) is 50.6 Å². The number of fused-ring (bicyclic) bond motifs is 1. The van der Waals surface area contributed by atoms with Crippen molar-refractivity contribution in [1.82, 2.24) is 14.5 Å². The monoisotopic (exact) mass is 293 g/mol. The molecule has 3 atom stereocenters. The molecule has 0 aromatic carbocycles. The van der Waals surface area contributed by atoms with Gasteiger partial charge in [-0.1, -0.05) is 0 Å². The van der Waals surface area contributed by atoms with Gasteiger partial charge in [-0.25, -0.2) is 9.97 Å². The molecule has 2 aromatic heterocycles. The van der Waals surface area contributed by atoms with Crippen molar-refractivity contribution in [3.63, 3.8) is 0 Å². The van der Waals surface area contributed by atoms with Crippen molar-refractivity contribution in [2.75, 3.05) is 7.11 Å². The molecule has 1 aliphatic rings. The summed E-state index contributed by atoms with van der Waals surface area (Å²) in [5.74, 6) is 0.900. The number of nitrogens with zero attached hydrogens (tertiary/aromatic N) is 3. The molecule has 3 unspecified atom stereocenters. The van der Waals surface area contributed by atoms with Crippen LogP contribution in [0.1, 0.15) is 49.0 Å². The van der Waals surface area contributed by atoms with Gasteiger partial charge in [-0.3, -0.25) is 0 Å². The predicted octanol–water partition coefficient (Wildman–Crippen LogP) is 3.78. The first kappa shape index (κ1) is 13.8. The van der Waals surface area contributed by atoms with Crippen LogP contribution in [0.25, 0.3) is 11.2 Å². The number of imidazole rings is 1. The van der Waals surface area contributed by atoms with Gasteiger partial charge in [-0.15, -0.1) is 11.6 Å². The number of hydrogen-bond acceptors (Lipinski definition) is 3. The molecule has 1 aliphatic carbocycles. The molecule has 108 valence electrons. The van der Waals surface area contributed by atoms with Crippen molar-refractivity contribution in [3.05, 3.63) is 23.7 Å². The number of hydrogen-bond donors (Lipinski definition) is 0. The fraction of sp³-hybridized carbons (Fsp3) is 0.600. The van der Waals surface area contributed by atoms with Gasteiger partial charge < -0.3 is 9.30 Å². The minimum absolute atomic E-state index is 0.137.